The molecule has 1 atom stereocenters. The van der Waals surface area contributed by atoms with Gasteiger partial charge in [-0.2, -0.15) is 0 Å². The van der Waals surface area contributed by atoms with Gasteiger partial charge in [-0.05, 0) is 37.9 Å². The van der Waals surface area contributed by atoms with Crippen molar-refractivity contribution in [1.29, 1.82) is 0 Å². The summed E-state index contributed by atoms with van der Waals surface area (Å²) in [6.45, 7) is 6.71. The first-order valence-corrected chi connectivity index (χ1v) is 9.79. The van der Waals surface area contributed by atoms with Gasteiger partial charge in [0, 0.05) is 13.2 Å². The molecule has 0 N–H and O–H groups in total. The standard InChI is InChI=1S/C21H35NO/c1-2-3-4-5-6-13-18-23-21(20-14-9-7-10-15-20)19-22-16-11-8-12-17-22/h7,9-10,14-15,21H,2-6,8,11-13,16-19H2,1H3. The highest BCUT2D eigenvalue weighted by Crippen LogP contribution is 2.21. The van der Waals surface area contributed by atoms with Crippen LogP contribution < -0.4 is 0 Å². The monoisotopic (exact) mass is 317 g/mol. The van der Waals surface area contributed by atoms with Crippen LogP contribution in [-0.4, -0.2) is 31.1 Å². The highest BCUT2D eigenvalue weighted by molar-refractivity contribution is 5.18. The highest BCUT2D eigenvalue weighted by atomic mass is 16.5. The van der Waals surface area contributed by atoms with E-state index in [2.05, 4.69) is 42.2 Å². The van der Waals surface area contributed by atoms with Gasteiger partial charge < -0.3 is 9.64 Å². The lowest BCUT2D eigenvalue weighted by Crippen LogP contribution is -2.34. The number of rotatable bonds is 11. The molecule has 1 heterocycles. The van der Waals surface area contributed by atoms with Gasteiger partial charge in [-0.15, -0.1) is 0 Å². The van der Waals surface area contributed by atoms with E-state index in [0.717, 1.165) is 13.2 Å². The molecule has 1 aromatic rings. The summed E-state index contributed by atoms with van der Waals surface area (Å²) in [4.78, 5) is 2.59. The summed E-state index contributed by atoms with van der Waals surface area (Å²) in [7, 11) is 0. The first-order valence-electron chi connectivity index (χ1n) is 9.79. The average Bonchev–Trinajstić information content (AvgIpc) is 2.61. The minimum absolute atomic E-state index is 0.241. The van der Waals surface area contributed by atoms with Crippen LogP contribution in [0.3, 0.4) is 0 Å². The highest BCUT2D eigenvalue weighted by Gasteiger charge is 2.18. The van der Waals surface area contributed by atoms with Crippen molar-refractivity contribution in [2.45, 2.75) is 70.8 Å². The summed E-state index contributed by atoms with van der Waals surface area (Å²) >= 11 is 0. The van der Waals surface area contributed by atoms with Crippen LogP contribution in [-0.2, 0) is 4.74 Å². The molecule has 2 rings (SSSR count). The van der Waals surface area contributed by atoms with Gasteiger partial charge in [0.15, 0.2) is 0 Å². The van der Waals surface area contributed by atoms with Gasteiger partial charge in [0.05, 0.1) is 6.10 Å². The molecule has 1 saturated heterocycles. The zero-order valence-corrected chi connectivity index (χ0v) is 15.0. The second-order valence-corrected chi connectivity index (χ2v) is 6.90. The predicted octanol–water partition coefficient (Wildman–Crippen LogP) is 5.59. The Morgan fingerprint density at radius 1 is 0.913 bits per heavy atom. The average molecular weight is 318 g/mol. The fraction of sp³-hybridized carbons (Fsp3) is 0.714. The van der Waals surface area contributed by atoms with E-state index in [0.29, 0.717) is 0 Å². The maximum Gasteiger partial charge on any atom is 0.0951 e. The van der Waals surface area contributed by atoms with Gasteiger partial charge >= 0.3 is 0 Å². The van der Waals surface area contributed by atoms with E-state index in [-0.39, 0.29) is 6.10 Å². The van der Waals surface area contributed by atoms with Gasteiger partial charge in [0.25, 0.3) is 0 Å². The molecule has 1 unspecified atom stereocenters. The number of piperidine rings is 1. The van der Waals surface area contributed by atoms with Gasteiger partial charge in [0.1, 0.15) is 0 Å². The van der Waals surface area contributed by atoms with Crippen LogP contribution in [0.25, 0.3) is 0 Å². The maximum absolute atomic E-state index is 6.30. The zero-order valence-electron chi connectivity index (χ0n) is 15.0. The Labute approximate surface area is 143 Å². The van der Waals surface area contributed by atoms with Gasteiger partial charge in [-0.25, -0.2) is 0 Å². The molecular formula is C21H35NO. The van der Waals surface area contributed by atoms with E-state index in [9.17, 15) is 0 Å². The Morgan fingerprint density at radius 3 is 2.35 bits per heavy atom. The minimum atomic E-state index is 0.241. The second kappa shape index (κ2) is 11.6. The quantitative estimate of drug-likeness (QED) is 0.493. The molecule has 1 aromatic carbocycles. The SMILES string of the molecule is CCCCCCCCOC(CN1CCCCC1)c1ccccc1. The second-order valence-electron chi connectivity index (χ2n) is 6.90. The Balaban J connectivity index is 1.75. The predicted molar refractivity (Wildman–Crippen MR) is 98.8 cm³/mol. The van der Waals surface area contributed by atoms with E-state index in [1.165, 1.54) is 76.4 Å². The molecule has 0 bridgehead atoms. The molecule has 0 amide bonds. The van der Waals surface area contributed by atoms with E-state index >= 15 is 0 Å². The molecule has 0 saturated carbocycles. The molecule has 0 radical (unpaired) electrons. The van der Waals surface area contributed by atoms with E-state index in [4.69, 9.17) is 4.74 Å². The maximum atomic E-state index is 6.30. The van der Waals surface area contributed by atoms with Gasteiger partial charge in [0.2, 0.25) is 0 Å². The first-order chi connectivity index (χ1) is 11.4. The fourth-order valence-corrected chi connectivity index (χ4v) is 3.41. The molecule has 1 fully saturated rings. The minimum Gasteiger partial charge on any atom is -0.372 e. The summed E-state index contributed by atoms with van der Waals surface area (Å²) < 4.78 is 6.30. The third-order valence-electron chi connectivity index (χ3n) is 4.86. The largest absolute Gasteiger partial charge is 0.372 e. The molecule has 23 heavy (non-hydrogen) atoms. The number of nitrogens with zero attached hydrogens (tertiary/aromatic N) is 1. The molecule has 0 aromatic heterocycles. The molecular weight excluding hydrogens is 282 g/mol. The normalized spacial score (nSPS) is 17.3. The number of ether oxygens (including phenoxy) is 1. The molecule has 1 aliphatic heterocycles. The topological polar surface area (TPSA) is 12.5 Å². The van der Waals surface area contributed by atoms with E-state index in [1.54, 1.807) is 0 Å². The Morgan fingerprint density at radius 2 is 1.61 bits per heavy atom. The van der Waals surface area contributed by atoms with Crippen molar-refractivity contribution in [2.75, 3.05) is 26.2 Å². The number of hydrogen-bond donors (Lipinski definition) is 0. The Hall–Kier alpha value is -0.860. The van der Waals surface area contributed by atoms with Crippen LogP contribution in [0.15, 0.2) is 30.3 Å². The summed E-state index contributed by atoms with van der Waals surface area (Å²) in [5, 5.41) is 0. The zero-order chi connectivity index (χ0) is 16.2. The third kappa shape index (κ3) is 7.50. The van der Waals surface area contributed by atoms with Crippen LogP contribution in [0, 0.1) is 0 Å². The van der Waals surface area contributed by atoms with Crippen molar-refractivity contribution in [1.82, 2.24) is 4.90 Å². The van der Waals surface area contributed by atoms with Crippen LogP contribution in [0.1, 0.15) is 76.4 Å². The molecule has 0 aliphatic carbocycles. The summed E-state index contributed by atoms with van der Waals surface area (Å²) in [5.41, 5.74) is 1.34. The molecule has 1 aliphatic rings. The summed E-state index contributed by atoms with van der Waals surface area (Å²) in [5.74, 6) is 0. The van der Waals surface area contributed by atoms with Crippen molar-refractivity contribution in [3.63, 3.8) is 0 Å². The first kappa shape index (κ1) is 18.5. The lowest BCUT2D eigenvalue weighted by Gasteiger charge is -2.30. The van der Waals surface area contributed by atoms with Gasteiger partial charge in [-0.3, -0.25) is 0 Å². The van der Waals surface area contributed by atoms with Crippen LogP contribution in [0.4, 0.5) is 0 Å². The number of benzene rings is 1. The Bertz CT molecular complexity index is 386. The molecule has 130 valence electrons. The van der Waals surface area contributed by atoms with E-state index in [1.807, 2.05) is 0 Å². The Kier molecular flexibility index (Phi) is 9.35. The van der Waals surface area contributed by atoms with Crippen molar-refractivity contribution >= 4 is 0 Å². The fourth-order valence-electron chi connectivity index (χ4n) is 3.41. The van der Waals surface area contributed by atoms with Crippen molar-refractivity contribution < 1.29 is 4.74 Å². The summed E-state index contributed by atoms with van der Waals surface area (Å²) in [6.07, 6.45) is 12.3. The van der Waals surface area contributed by atoms with Crippen molar-refractivity contribution in [2.24, 2.45) is 0 Å². The number of likely N-dealkylation sites (tertiary alicyclic amines) is 1. The lowest BCUT2D eigenvalue weighted by atomic mass is 10.1. The summed E-state index contributed by atoms with van der Waals surface area (Å²) in [6, 6.07) is 10.8. The van der Waals surface area contributed by atoms with Crippen LogP contribution in [0.2, 0.25) is 0 Å². The smallest absolute Gasteiger partial charge is 0.0951 e. The van der Waals surface area contributed by atoms with Gasteiger partial charge in [-0.1, -0.05) is 75.8 Å². The third-order valence-corrected chi connectivity index (χ3v) is 4.86. The van der Waals surface area contributed by atoms with E-state index < -0.39 is 0 Å². The molecule has 0 spiro atoms. The number of unbranched alkanes of at least 4 members (excludes halogenated alkanes) is 5. The van der Waals surface area contributed by atoms with Crippen molar-refractivity contribution in [3.05, 3.63) is 35.9 Å². The van der Waals surface area contributed by atoms with Crippen molar-refractivity contribution in [3.8, 4) is 0 Å². The molecule has 2 heteroatoms. The van der Waals surface area contributed by atoms with Crippen LogP contribution >= 0.6 is 0 Å². The lowest BCUT2D eigenvalue weighted by molar-refractivity contribution is 0.0186. The number of hydrogen-bond acceptors (Lipinski definition) is 2. The van der Waals surface area contributed by atoms with Crippen LogP contribution in [0.5, 0.6) is 0 Å². The molecule has 2 nitrogen and oxygen atoms in total.